The van der Waals surface area contributed by atoms with Crippen LogP contribution in [0.2, 0.25) is 10.0 Å². The van der Waals surface area contributed by atoms with Gasteiger partial charge in [-0.1, -0.05) is 29.3 Å². The Morgan fingerprint density at radius 2 is 2.20 bits per heavy atom. The van der Waals surface area contributed by atoms with Gasteiger partial charge in [0.15, 0.2) is 0 Å². The highest BCUT2D eigenvalue weighted by Crippen LogP contribution is 2.29. The molecular formula is C10H8Cl2N2S. The Morgan fingerprint density at radius 1 is 1.33 bits per heavy atom. The van der Waals surface area contributed by atoms with Crippen molar-refractivity contribution in [1.29, 1.82) is 0 Å². The summed E-state index contributed by atoms with van der Waals surface area (Å²) in [4.78, 5) is 5.15. The van der Waals surface area contributed by atoms with E-state index in [-0.39, 0.29) is 0 Å². The molecule has 78 valence electrons. The molecule has 0 spiro atoms. The molecule has 1 aromatic heterocycles. The van der Waals surface area contributed by atoms with Gasteiger partial charge in [0.25, 0.3) is 0 Å². The van der Waals surface area contributed by atoms with Crippen molar-refractivity contribution < 1.29 is 0 Å². The summed E-state index contributed by atoms with van der Waals surface area (Å²) >= 11 is 13.5. The zero-order valence-corrected chi connectivity index (χ0v) is 10.0. The van der Waals surface area contributed by atoms with Crippen LogP contribution < -0.4 is 5.32 Å². The van der Waals surface area contributed by atoms with Crippen molar-refractivity contribution in [2.24, 2.45) is 0 Å². The highest BCUT2D eigenvalue weighted by atomic mass is 35.5. The van der Waals surface area contributed by atoms with Crippen LogP contribution in [0.1, 0.15) is 4.88 Å². The Morgan fingerprint density at radius 3 is 2.93 bits per heavy atom. The minimum Gasteiger partial charge on any atom is -0.379 e. The summed E-state index contributed by atoms with van der Waals surface area (Å²) in [5.74, 6) is 0. The van der Waals surface area contributed by atoms with Crippen LogP contribution in [0.4, 0.5) is 5.69 Å². The zero-order chi connectivity index (χ0) is 10.7. The van der Waals surface area contributed by atoms with E-state index in [1.54, 1.807) is 22.9 Å². The van der Waals surface area contributed by atoms with Gasteiger partial charge in [0.05, 0.1) is 27.8 Å². The lowest BCUT2D eigenvalue weighted by Crippen LogP contribution is -1.97. The Hall–Kier alpha value is -0.770. The maximum atomic E-state index is 6.03. The molecule has 0 aliphatic rings. The van der Waals surface area contributed by atoms with E-state index in [0.29, 0.717) is 16.6 Å². The largest absolute Gasteiger partial charge is 0.379 e. The summed E-state index contributed by atoms with van der Waals surface area (Å²) in [5, 5.41) is 4.33. The van der Waals surface area contributed by atoms with Crippen molar-refractivity contribution in [1.82, 2.24) is 4.98 Å². The van der Waals surface area contributed by atoms with Gasteiger partial charge in [-0.05, 0) is 12.1 Å². The fourth-order valence-corrected chi connectivity index (χ4v) is 2.05. The second kappa shape index (κ2) is 4.84. The van der Waals surface area contributed by atoms with Gasteiger partial charge in [0, 0.05) is 11.1 Å². The van der Waals surface area contributed by atoms with E-state index in [4.69, 9.17) is 23.2 Å². The summed E-state index contributed by atoms with van der Waals surface area (Å²) in [6.45, 7) is 0.713. The lowest BCUT2D eigenvalue weighted by molar-refractivity contribution is 1.17. The normalized spacial score (nSPS) is 10.3. The van der Waals surface area contributed by atoms with E-state index in [9.17, 15) is 0 Å². The molecule has 0 saturated heterocycles. The van der Waals surface area contributed by atoms with Crippen LogP contribution in [-0.2, 0) is 6.54 Å². The molecule has 0 amide bonds. The van der Waals surface area contributed by atoms with Crippen molar-refractivity contribution in [3.05, 3.63) is 44.8 Å². The lowest BCUT2D eigenvalue weighted by atomic mass is 10.3. The molecule has 0 aliphatic heterocycles. The van der Waals surface area contributed by atoms with Crippen molar-refractivity contribution >= 4 is 40.2 Å². The Balaban J connectivity index is 2.08. The van der Waals surface area contributed by atoms with E-state index in [1.165, 1.54) is 0 Å². The molecule has 2 nitrogen and oxygen atoms in total. The maximum absolute atomic E-state index is 6.03. The van der Waals surface area contributed by atoms with E-state index >= 15 is 0 Å². The topological polar surface area (TPSA) is 24.9 Å². The molecule has 0 radical (unpaired) electrons. The number of thiazole rings is 1. The Kier molecular flexibility index (Phi) is 3.46. The Bertz CT molecular complexity index is 443. The summed E-state index contributed by atoms with van der Waals surface area (Å²) in [7, 11) is 0. The first-order valence-corrected chi connectivity index (χ1v) is 5.96. The van der Waals surface area contributed by atoms with E-state index in [2.05, 4.69) is 10.3 Å². The average molecular weight is 259 g/mol. The minimum absolute atomic E-state index is 0.559. The molecule has 1 N–H and O–H groups in total. The molecule has 0 fully saturated rings. The quantitative estimate of drug-likeness (QED) is 0.898. The summed E-state index contributed by atoms with van der Waals surface area (Å²) in [6, 6.07) is 5.53. The first-order valence-electron chi connectivity index (χ1n) is 4.32. The van der Waals surface area contributed by atoms with Gasteiger partial charge in [-0.25, -0.2) is 0 Å². The molecule has 2 rings (SSSR count). The molecular weight excluding hydrogens is 251 g/mol. The van der Waals surface area contributed by atoms with Gasteiger partial charge in [0.2, 0.25) is 0 Å². The van der Waals surface area contributed by atoms with E-state index < -0.39 is 0 Å². The van der Waals surface area contributed by atoms with Crippen molar-refractivity contribution in [2.75, 3.05) is 5.32 Å². The summed E-state index contributed by atoms with van der Waals surface area (Å²) < 4.78 is 0. The van der Waals surface area contributed by atoms with Crippen molar-refractivity contribution in [2.45, 2.75) is 6.54 Å². The van der Waals surface area contributed by atoms with Crippen LogP contribution in [-0.4, -0.2) is 4.98 Å². The molecule has 15 heavy (non-hydrogen) atoms. The van der Waals surface area contributed by atoms with Crippen molar-refractivity contribution in [3.63, 3.8) is 0 Å². The summed E-state index contributed by atoms with van der Waals surface area (Å²) in [6.07, 6.45) is 1.83. The monoisotopic (exact) mass is 258 g/mol. The third-order valence-corrected chi connectivity index (χ3v) is 3.49. The third kappa shape index (κ3) is 2.62. The first kappa shape index (κ1) is 10.7. The molecule has 1 aromatic carbocycles. The molecule has 5 heteroatoms. The third-order valence-electron chi connectivity index (χ3n) is 1.89. The maximum Gasteiger partial charge on any atom is 0.0823 e. The van der Waals surface area contributed by atoms with Gasteiger partial charge in [-0.3, -0.25) is 4.98 Å². The number of nitrogens with zero attached hydrogens (tertiary/aromatic N) is 1. The standard InChI is InChI=1S/C10H8Cl2N2S/c11-8-2-1-3-9(10(8)12)14-5-7-4-13-6-15-7/h1-4,6,14H,5H2. The highest BCUT2D eigenvalue weighted by Gasteiger charge is 2.03. The van der Waals surface area contributed by atoms with E-state index in [0.717, 1.165) is 10.6 Å². The van der Waals surface area contributed by atoms with Gasteiger partial charge in [-0.15, -0.1) is 11.3 Å². The van der Waals surface area contributed by atoms with Crippen LogP contribution >= 0.6 is 34.5 Å². The van der Waals surface area contributed by atoms with E-state index in [1.807, 2.05) is 18.3 Å². The number of rotatable bonds is 3. The highest BCUT2D eigenvalue weighted by molar-refractivity contribution is 7.09. The van der Waals surface area contributed by atoms with Gasteiger partial charge in [-0.2, -0.15) is 0 Å². The number of aromatic nitrogens is 1. The zero-order valence-electron chi connectivity index (χ0n) is 7.71. The predicted octanol–water partition coefficient (Wildman–Crippen LogP) is 4.06. The Labute approximate surface area is 102 Å². The number of halogens is 2. The van der Waals surface area contributed by atoms with Crippen molar-refractivity contribution in [3.8, 4) is 0 Å². The molecule has 0 saturated carbocycles. The predicted molar refractivity (Wildman–Crippen MR) is 65.9 cm³/mol. The number of nitrogens with one attached hydrogen (secondary N) is 1. The molecule has 0 atom stereocenters. The van der Waals surface area contributed by atoms with Gasteiger partial charge < -0.3 is 5.32 Å². The number of hydrogen-bond donors (Lipinski definition) is 1. The molecule has 0 aliphatic carbocycles. The lowest BCUT2D eigenvalue weighted by Gasteiger charge is -2.07. The number of benzene rings is 1. The second-order valence-electron chi connectivity index (χ2n) is 2.92. The van der Waals surface area contributed by atoms with Gasteiger partial charge >= 0.3 is 0 Å². The molecule has 1 heterocycles. The van der Waals surface area contributed by atoms with Crippen LogP contribution in [0.25, 0.3) is 0 Å². The fraction of sp³-hybridized carbons (Fsp3) is 0.100. The summed E-state index contributed by atoms with van der Waals surface area (Å²) in [5.41, 5.74) is 2.65. The minimum atomic E-state index is 0.559. The van der Waals surface area contributed by atoms with Gasteiger partial charge in [0.1, 0.15) is 0 Å². The SMILES string of the molecule is Clc1cccc(NCc2cncs2)c1Cl. The fourth-order valence-electron chi connectivity index (χ4n) is 1.15. The average Bonchev–Trinajstić information content (AvgIpc) is 2.73. The number of hydrogen-bond acceptors (Lipinski definition) is 3. The smallest absolute Gasteiger partial charge is 0.0823 e. The molecule has 2 aromatic rings. The molecule has 0 unspecified atom stereocenters. The first-order chi connectivity index (χ1) is 7.27. The van der Waals surface area contributed by atoms with Crippen LogP contribution in [0.5, 0.6) is 0 Å². The number of anilines is 1. The van der Waals surface area contributed by atoms with Crippen LogP contribution in [0.3, 0.4) is 0 Å². The molecule has 0 bridgehead atoms. The van der Waals surface area contributed by atoms with Crippen LogP contribution in [0, 0.1) is 0 Å². The van der Waals surface area contributed by atoms with Crippen LogP contribution in [0.15, 0.2) is 29.9 Å². The second-order valence-corrected chi connectivity index (χ2v) is 4.68.